The van der Waals surface area contributed by atoms with Crippen LogP contribution in [0, 0.1) is 0 Å². The van der Waals surface area contributed by atoms with E-state index >= 15 is 0 Å². The molecule has 0 radical (unpaired) electrons. The van der Waals surface area contributed by atoms with Gasteiger partial charge in [-0.2, -0.15) is 18.2 Å². The number of benzene rings is 1. The molecule has 2 aromatic heterocycles. The van der Waals surface area contributed by atoms with Gasteiger partial charge in [0, 0.05) is 17.4 Å². The molecular formula is C14H6Cl2F3N3O. The topological polar surface area (TPSA) is 51.8 Å². The van der Waals surface area contributed by atoms with Gasteiger partial charge in [0.15, 0.2) is 0 Å². The molecule has 0 aliphatic rings. The van der Waals surface area contributed by atoms with Crippen molar-refractivity contribution in [1.82, 2.24) is 15.1 Å². The van der Waals surface area contributed by atoms with E-state index < -0.39 is 11.7 Å². The van der Waals surface area contributed by atoms with E-state index in [-0.39, 0.29) is 22.3 Å². The number of hydrogen-bond acceptors (Lipinski definition) is 4. The Labute approximate surface area is 137 Å². The summed E-state index contributed by atoms with van der Waals surface area (Å²) >= 11 is 11.8. The molecule has 0 bridgehead atoms. The third-order valence-electron chi connectivity index (χ3n) is 2.95. The molecule has 0 atom stereocenters. The van der Waals surface area contributed by atoms with Gasteiger partial charge in [0.2, 0.25) is 5.82 Å². The highest BCUT2D eigenvalue weighted by molar-refractivity contribution is 6.36. The molecule has 2 heterocycles. The number of pyridine rings is 1. The third-order valence-corrected chi connectivity index (χ3v) is 3.50. The molecule has 3 rings (SSSR count). The van der Waals surface area contributed by atoms with Gasteiger partial charge < -0.3 is 4.52 Å². The number of alkyl halides is 3. The summed E-state index contributed by atoms with van der Waals surface area (Å²) in [4.78, 5) is 7.65. The highest BCUT2D eigenvalue weighted by Crippen LogP contribution is 2.36. The Morgan fingerprint density at radius 1 is 1.04 bits per heavy atom. The second kappa shape index (κ2) is 5.82. The van der Waals surface area contributed by atoms with E-state index in [0.29, 0.717) is 10.6 Å². The zero-order valence-corrected chi connectivity index (χ0v) is 12.6. The molecule has 0 saturated carbocycles. The fourth-order valence-electron chi connectivity index (χ4n) is 1.93. The summed E-state index contributed by atoms with van der Waals surface area (Å²) in [6.45, 7) is 0. The molecule has 4 nitrogen and oxygen atoms in total. The maximum absolute atomic E-state index is 13.0. The Morgan fingerprint density at radius 3 is 2.52 bits per heavy atom. The van der Waals surface area contributed by atoms with Gasteiger partial charge in [-0.3, -0.25) is 4.98 Å². The maximum Gasteiger partial charge on any atom is 0.417 e. The summed E-state index contributed by atoms with van der Waals surface area (Å²) in [6, 6.07) is 5.40. The van der Waals surface area contributed by atoms with E-state index in [1.165, 1.54) is 12.1 Å². The van der Waals surface area contributed by atoms with Crippen molar-refractivity contribution < 1.29 is 17.7 Å². The van der Waals surface area contributed by atoms with E-state index in [1.807, 2.05) is 0 Å². The van der Waals surface area contributed by atoms with Crippen LogP contribution in [0.3, 0.4) is 0 Å². The van der Waals surface area contributed by atoms with Crippen molar-refractivity contribution in [2.75, 3.05) is 0 Å². The zero-order chi connectivity index (χ0) is 16.6. The van der Waals surface area contributed by atoms with Crippen LogP contribution < -0.4 is 0 Å². The maximum atomic E-state index is 13.0. The Hall–Kier alpha value is -2.12. The molecule has 118 valence electrons. The van der Waals surface area contributed by atoms with Gasteiger partial charge in [0.25, 0.3) is 5.89 Å². The average molecular weight is 360 g/mol. The molecule has 9 heteroatoms. The summed E-state index contributed by atoms with van der Waals surface area (Å²) in [6.07, 6.45) is -2.48. The number of nitrogens with zero attached hydrogens (tertiary/aromatic N) is 3. The first kappa shape index (κ1) is 15.8. The number of halogens is 5. The van der Waals surface area contributed by atoms with Crippen LogP contribution in [0.2, 0.25) is 10.0 Å². The van der Waals surface area contributed by atoms with Crippen molar-refractivity contribution in [2.24, 2.45) is 0 Å². The van der Waals surface area contributed by atoms with Gasteiger partial charge in [-0.05, 0) is 24.3 Å². The van der Waals surface area contributed by atoms with Crippen LogP contribution >= 0.6 is 23.2 Å². The third kappa shape index (κ3) is 3.16. The summed E-state index contributed by atoms with van der Waals surface area (Å²) in [7, 11) is 0. The normalized spacial score (nSPS) is 11.7. The van der Waals surface area contributed by atoms with Gasteiger partial charge in [-0.25, -0.2) is 0 Å². The van der Waals surface area contributed by atoms with Crippen LogP contribution in [0.25, 0.3) is 22.8 Å². The zero-order valence-electron chi connectivity index (χ0n) is 11.1. The lowest BCUT2D eigenvalue weighted by Gasteiger charge is -2.08. The fraction of sp³-hybridized carbons (Fsp3) is 0.0714. The van der Waals surface area contributed by atoms with E-state index in [2.05, 4.69) is 15.1 Å². The van der Waals surface area contributed by atoms with Crippen molar-refractivity contribution >= 4 is 23.2 Å². The quantitative estimate of drug-likeness (QED) is 0.636. The minimum absolute atomic E-state index is 0.0151. The first-order chi connectivity index (χ1) is 10.9. The Morgan fingerprint density at radius 2 is 1.83 bits per heavy atom. The SMILES string of the molecule is FC(F)(F)c1ccncc1-c1noc(-c2ccc(Cl)cc2Cl)n1. The largest absolute Gasteiger partial charge is 0.417 e. The second-order valence-electron chi connectivity index (χ2n) is 4.47. The van der Waals surface area contributed by atoms with E-state index in [1.54, 1.807) is 6.07 Å². The molecule has 0 spiro atoms. The van der Waals surface area contributed by atoms with Gasteiger partial charge in [0.05, 0.1) is 21.7 Å². The first-order valence-electron chi connectivity index (χ1n) is 6.17. The van der Waals surface area contributed by atoms with Gasteiger partial charge >= 0.3 is 6.18 Å². The molecular weight excluding hydrogens is 354 g/mol. The standard InChI is InChI=1S/C14H6Cl2F3N3O/c15-7-1-2-8(11(16)5-7)13-21-12(22-23-13)9-6-20-4-3-10(9)14(17,18)19/h1-6H. The highest BCUT2D eigenvalue weighted by atomic mass is 35.5. The van der Waals surface area contributed by atoms with Crippen LogP contribution in [0.4, 0.5) is 13.2 Å². The Kier molecular flexibility index (Phi) is 3.99. The molecule has 0 aliphatic carbocycles. The lowest BCUT2D eigenvalue weighted by molar-refractivity contribution is -0.137. The monoisotopic (exact) mass is 359 g/mol. The second-order valence-corrected chi connectivity index (χ2v) is 5.31. The molecule has 3 aromatic rings. The summed E-state index contributed by atoms with van der Waals surface area (Å²) in [5, 5.41) is 4.24. The Balaban J connectivity index is 2.07. The fourth-order valence-corrected chi connectivity index (χ4v) is 2.41. The highest BCUT2D eigenvalue weighted by Gasteiger charge is 2.35. The smallest absolute Gasteiger partial charge is 0.334 e. The van der Waals surface area contributed by atoms with Crippen molar-refractivity contribution in [3.8, 4) is 22.8 Å². The van der Waals surface area contributed by atoms with Crippen molar-refractivity contribution in [2.45, 2.75) is 6.18 Å². The van der Waals surface area contributed by atoms with Crippen LogP contribution in [0.15, 0.2) is 41.2 Å². The molecule has 0 amide bonds. The molecule has 0 aliphatic heterocycles. The molecule has 0 saturated heterocycles. The molecule has 0 fully saturated rings. The minimum atomic E-state index is -4.56. The van der Waals surface area contributed by atoms with E-state index in [9.17, 15) is 13.2 Å². The molecule has 23 heavy (non-hydrogen) atoms. The molecule has 0 N–H and O–H groups in total. The van der Waals surface area contributed by atoms with E-state index in [4.69, 9.17) is 27.7 Å². The lowest BCUT2D eigenvalue weighted by Crippen LogP contribution is -2.07. The minimum Gasteiger partial charge on any atom is -0.334 e. The summed E-state index contributed by atoms with van der Waals surface area (Å²) in [5.41, 5.74) is -0.811. The summed E-state index contributed by atoms with van der Waals surface area (Å²) < 4.78 is 44.1. The van der Waals surface area contributed by atoms with E-state index in [0.717, 1.165) is 18.5 Å². The number of rotatable bonds is 2. The first-order valence-corrected chi connectivity index (χ1v) is 6.92. The van der Waals surface area contributed by atoms with Crippen molar-refractivity contribution in [3.05, 3.63) is 52.3 Å². The molecule has 0 unspecified atom stereocenters. The van der Waals surface area contributed by atoms with Gasteiger partial charge in [-0.1, -0.05) is 28.4 Å². The molecule has 1 aromatic carbocycles. The number of hydrogen-bond donors (Lipinski definition) is 0. The number of aromatic nitrogens is 3. The van der Waals surface area contributed by atoms with Gasteiger partial charge in [0.1, 0.15) is 0 Å². The predicted octanol–water partition coefficient (Wildman–Crippen LogP) is 5.12. The van der Waals surface area contributed by atoms with Crippen molar-refractivity contribution in [1.29, 1.82) is 0 Å². The van der Waals surface area contributed by atoms with Crippen LogP contribution in [-0.4, -0.2) is 15.1 Å². The summed E-state index contributed by atoms with van der Waals surface area (Å²) in [5.74, 6) is -0.245. The van der Waals surface area contributed by atoms with Crippen molar-refractivity contribution in [3.63, 3.8) is 0 Å². The van der Waals surface area contributed by atoms with Gasteiger partial charge in [-0.15, -0.1) is 0 Å². The average Bonchev–Trinajstić information content (AvgIpc) is 2.96. The van der Waals surface area contributed by atoms with Crippen LogP contribution in [-0.2, 0) is 6.18 Å². The predicted molar refractivity (Wildman–Crippen MR) is 78.0 cm³/mol. The van der Waals surface area contributed by atoms with Crippen LogP contribution in [0.5, 0.6) is 0 Å². The van der Waals surface area contributed by atoms with Crippen LogP contribution in [0.1, 0.15) is 5.56 Å². The lowest BCUT2D eigenvalue weighted by atomic mass is 10.1. The Bertz CT molecular complexity index is 864.